The lowest BCUT2D eigenvalue weighted by Crippen LogP contribution is -2.26. The Hall–Kier alpha value is -1.07. The number of amides is 1. The molecule has 1 aromatic carbocycles. The average Bonchev–Trinajstić information content (AvgIpc) is 2.38. The zero-order valence-electron chi connectivity index (χ0n) is 11.4. The second-order valence-corrected chi connectivity index (χ2v) is 7.97. The first kappa shape index (κ1) is 15.3. The van der Waals surface area contributed by atoms with E-state index in [-0.39, 0.29) is 23.3 Å². The number of hydrogen-bond acceptors (Lipinski definition) is 3. The maximum Gasteiger partial charge on any atom is 0.224 e. The van der Waals surface area contributed by atoms with E-state index in [4.69, 9.17) is 11.6 Å². The van der Waals surface area contributed by atoms with E-state index >= 15 is 0 Å². The Balaban J connectivity index is 1.92. The van der Waals surface area contributed by atoms with E-state index in [2.05, 4.69) is 5.32 Å². The van der Waals surface area contributed by atoms with Crippen LogP contribution < -0.4 is 5.32 Å². The van der Waals surface area contributed by atoms with E-state index in [1.54, 1.807) is 12.1 Å². The lowest BCUT2D eigenvalue weighted by Gasteiger charge is -2.21. The van der Waals surface area contributed by atoms with Gasteiger partial charge in [-0.1, -0.05) is 17.7 Å². The molecule has 1 aromatic rings. The fourth-order valence-electron chi connectivity index (χ4n) is 2.35. The Kier molecular flexibility index (Phi) is 4.70. The maximum atomic E-state index is 12.0. The molecule has 1 fully saturated rings. The highest BCUT2D eigenvalue weighted by Gasteiger charge is 2.25. The molecule has 0 atom stereocenters. The van der Waals surface area contributed by atoms with Crippen molar-refractivity contribution in [2.45, 2.75) is 26.2 Å². The van der Waals surface area contributed by atoms with Crippen molar-refractivity contribution in [2.75, 3.05) is 16.8 Å². The second kappa shape index (κ2) is 6.14. The van der Waals surface area contributed by atoms with E-state index in [9.17, 15) is 13.2 Å². The quantitative estimate of drug-likeness (QED) is 0.933. The molecule has 1 heterocycles. The molecule has 4 nitrogen and oxygen atoms in total. The summed E-state index contributed by atoms with van der Waals surface area (Å²) in [5, 5.41) is 3.46. The van der Waals surface area contributed by atoms with Gasteiger partial charge in [0.25, 0.3) is 0 Å². The van der Waals surface area contributed by atoms with Crippen LogP contribution in [0.2, 0.25) is 5.02 Å². The van der Waals surface area contributed by atoms with Crippen molar-refractivity contribution >= 4 is 33.0 Å². The topological polar surface area (TPSA) is 63.2 Å². The third-order valence-electron chi connectivity index (χ3n) is 3.69. The summed E-state index contributed by atoms with van der Waals surface area (Å²) >= 11 is 6.00. The largest absolute Gasteiger partial charge is 0.326 e. The first-order chi connectivity index (χ1) is 9.37. The monoisotopic (exact) mass is 315 g/mol. The van der Waals surface area contributed by atoms with Gasteiger partial charge >= 0.3 is 0 Å². The number of rotatable bonds is 3. The summed E-state index contributed by atoms with van der Waals surface area (Å²) in [5.74, 6) is 0.458. The molecule has 0 saturated carbocycles. The Morgan fingerprint density at radius 3 is 2.65 bits per heavy atom. The fourth-order valence-corrected chi connectivity index (χ4v) is 4.11. The standard InChI is InChI=1S/C14H18ClNO3S/c1-10-12(15)3-2-4-13(10)16-14(17)9-11-5-7-20(18,19)8-6-11/h2-4,11H,5-9H2,1H3,(H,16,17). The molecule has 110 valence electrons. The molecule has 2 rings (SSSR count). The Morgan fingerprint density at radius 1 is 1.35 bits per heavy atom. The third kappa shape index (κ3) is 3.96. The van der Waals surface area contributed by atoms with Crippen molar-refractivity contribution in [3.8, 4) is 0 Å². The van der Waals surface area contributed by atoms with Crippen molar-refractivity contribution in [1.82, 2.24) is 0 Å². The number of nitrogens with one attached hydrogen (secondary N) is 1. The number of halogens is 1. The highest BCUT2D eigenvalue weighted by atomic mass is 35.5. The van der Waals surface area contributed by atoms with E-state index in [1.165, 1.54) is 0 Å². The molecule has 0 bridgehead atoms. The third-order valence-corrected chi connectivity index (χ3v) is 5.81. The number of benzene rings is 1. The number of hydrogen-bond donors (Lipinski definition) is 1. The fraction of sp³-hybridized carbons (Fsp3) is 0.500. The van der Waals surface area contributed by atoms with E-state index in [0.717, 1.165) is 5.56 Å². The van der Waals surface area contributed by atoms with Crippen LogP contribution in [0, 0.1) is 12.8 Å². The summed E-state index contributed by atoms with van der Waals surface area (Å²) in [4.78, 5) is 12.0. The summed E-state index contributed by atoms with van der Waals surface area (Å²) in [6, 6.07) is 5.38. The van der Waals surface area contributed by atoms with Gasteiger partial charge in [-0.15, -0.1) is 0 Å². The molecule has 1 N–H and O–H groups in total. The lowest BCUT2D eigenvalue weighted by molar-refractivity contribution is -0.117. The van der Waals surface area contributed by atoms with Gasteiger partial charge in [0.15, 0.2) is 0 Å². The number of carbonyl (C=O) groups is 1. The van der Waals surface area contributed by atoms with Crippen LogP contribution in [-0.4, -0.2) is 25.8 Å². The Morgan fingerprint density at radius 2 is 2.00 bits per heavy atom. The van der Waals surface area contributed by atoms with Gasteiger partial charge in [-0.2, -0.15) is 0 Å². The summed E-state index contributed by atoms with van der Waals surface area (Å²) in [6.07, 6.45) is 1.51. The zero-order valence-corrected chi connectivity index (χ0v) is 12.9. The molecule has 0 aromatic heterocycles. The van der Waals surface area contributed by atoms with Gasteiger partial charge in [0.05, 0.1) is 11.5 Å². The van der Waals surface area contributed by atoms with Crippen LogP contribution in [0.15, 0.2) is 18.2 Å². The molecule has 0 spiro atoms. The lowest BCUT2D eigenvalue weighted by atomic mass is 9.98. The van der Waals surface area contributed by atoms with Crippen LogP contribution in [0.3, 0.4) is 0 Å². The second-order valence-electron chi connectivity index (χ2n) is 5.26. The van der Waals surface area contributed by atoms with Crippen LogP contribution >= 0.6 is 11.6 Å². The molecule has 1 aliphatic rings. The summed E-state index contributed by atoms with van der Waals surface area (Å²) in [6.45, 7) is 1.85. The Labute approximate surface area is 124 Å². The predicted octanol–water partition coefficient (Wildman–Crippen LogP) is 2.80. The van der Waals surface area contributed by atoms with E-state index in [0.29, 0.717) is 30.0 Å². The molecule has 0 aliphatic carbocycles. The van der Waals surface area contributed by atoms with Crippen molar-refractivity contribution in [3.05, 3.63) is 28.8 Å². The highest BCUT2D eigenvalue weighted by Crippen LogP contribution is 2.25. The molecule has 1 aliphatic heterocycles. The van der Waals surface area contributed by atoms with Gasteiger partial charge in [-0.05, 0) is 43.4 Å². The molecule has 0 unspecified atom stereocenters. The molecule has 6 heteroatoms. The first-order valence-corrected chi connectivity index (χ1v) is 8.83. The average molecular weight is 316 g/mol. The van der Waals surface area contributed by atoms with Gasteiger partial charge in [0.1, 0.15) is 9.84 Å². The molecule has 1 saturated heterocycles. The highest BCUT2D eigenvalue weighted by molar-refractivity contribution is 7.91. The van der Waals surface area contributed by atoms with Crippen molar-refractivity contribution < 1.29 is 13.2 Å². The molecule has 20 heavy (non-hydrogen) atoms. The van der Waals surface area contributed by atoms with Crippen LogP contribution in [-0.2, 0) is 14.6 Å². The van der Waals surface area contributed by atoms with Crippen molar-refractivity contribution in [3.63, 3.8) is 0 Å². The summed E-state index contributed by atoms with van der Waals surface area (Å²) in [5.41, 5.74) is 1.56. The molecule has 0 radical (unpaired) electrons. The van der Waals surface area contributed by atoms with Crippen LogP contribution in [0.25, 0.3) is 0 Å². The number of anilines is 1. The predicted molar refractivity (Wildman–Crippen MR) is 80.8 cm³/mol. The Bertz CT molecular complexity index is 599. The molecular formula is C14H18ClNO3S. The zero-order chi connectivity index (χ0) is 14.8. The SMILES string of the molecule is Cc1c(Cl)cccc1NC(=O)CC1CCS(=O)(=O)CC1. The smallest absolute Gasteiger partial charge is 0.224 e. The number of carbonyl (C=O) groups excluding carboxylic acids is 1. The van der Waals surface area contributed by atoms with Crippen molar-refractivity contribution in [1.29, 1.82) is 0 Å². The number of sulfone groups is 1. The minimum atomic E-state index is -2.87. The van der Waals surface area contributed by atoms with E-state index in [1.807, 2.05) is 13.0 Å². The van der Waals surface area contributed by atoms with Gasteiger partial charge in [0.2, 0.25) is 5.91 Å². The first-order valence-electron chi connectivity index (χ1n) is 6.63. The van der Waals surface area contributed by atoms with Crippen LogP contribution in [0.1, 0.15) is 24.8 Å². The molecular weight excluding hydrogens is 298 g/mol. The maximum absolute atomic E-state index is 12.0. The van der Waals surface area contributed by atoms with Crippen LogP contribution in [0.5, 0.6) is 0 Å². The van der Waals surface area contributed by atoms with E-state index < -0.39 is 9.84 Å². The normalized spacial score (nSPS) is 18.7. The summed E-state index contributed by atoms with van der Waals surface area (Å²) in [7, 11) is -2.87. The molecule has 1 amide bonds. The minimum absolute atomic E-state index is 0.0836. The summed E-state index contributed by atoms with van der Waals surface area (Å²) < 4.78 is 22.7. The van der Waals surface area contributed by atoms with Gasteiger partial charge in [-0.25, -0.2) is 8.42 Å². The minimum Gasteiger partial charge on any atom is -0.326 e. The van der Waals surface area contributed by atoms with Crippen molar-refractivity contribution in [2.24, 2.45) is 5.92 Å². The van der Waals surface area contributed by atoms with Gasteiger partial charge in [-0.3, -0.25) is 4.79 Å². The van der Waals surface area contributed by atoms with Crippen LogP contribution in [0.4, 0.5) is 5.69 Å². The van der Waals surface area contributed by atoms with Gasteiger partial charge < -0.3 is 5.32 Å². The van der Waals surface area contributed by atoms with Gasteiger partial charge in [0, 0.05) is 17.1 Å².